The van der Waals surface area contributed by atoms with Crippen molar-refractivity contribution in [2.24, 2.45) is 0 Å². The molecule has 0 saturated heterocycles. The van der Waals surface area contributed by atoms with Crippen molar-refractivity contribution in [2.75, 3.05) is 25.1 Å². The molecular weight excluding hydrogens is 380 g/mol. The number of halogens is 1. The maximum absolute atomic E-state index is 11.6. The van der Waals surface area contributed by atoms with E-state index in [2.05, 4.69) is 37.5 Å². The molecule has 4 nitrogen and oxygen atoms in total. The highest BCUT2D eigenvalue weighted by atomic mass is 79.9. The van der Waals surface area contributed by atoms with E-state index in [-0.39, 0.29) is 0 Å². The number of ether oxygens (including phenoxy) is 1. The molecule has 0 aliphatic carbocycles. The number of aliphatic hydroxyl groups is 1. The summed E-state index contributed by atoms with van der Waals surface area (Å²) in [5.74, 6) is 2.05. The molecule has 0 saturated carbocycles. The Morgan fingerprint density at radius 1 is 1.08 bits per heavy atom. The van der Waals surface area contributed by atoms with E-state index in [9.17, 15) is 5.11 Å². The van der Waals surface area contributed by atoms with Gasteiger partial charge < -0.3 is 9.84 Å². The molecule has 2 aromatic rings. The lowest BCUT2D eigenvalue weighted by Crippen LogP contribution is -2.41. The summed E-state index contributed by atoms with van der Waals surface area (Å²) in [4.78, 5) is 2.25. The number of rotatable bonds is 3. The van der Waals surface area contributed by atoms with Crippen LogP contribution in [0.1, 0.15) is 24.8 Å². The second-order valence-corrected chi connectivity index (χ2v) is 7.55. The minimum Gasteiger partial charge on any atom is -0.497 e. The van der Waals surface area contributed by atoms with Crippen LogP contribution in [0.2, 0.25) is 0 Å². The zero-order valence-electron chi connectivity index (χ0n) is 14.3. The third kappa shape index (κ3) is 2.85. The molecule has 25 heavy (non-hydrogen) atoms. The van der Waals surface area contributed by atoms with E-state index in [0.29, 0.717) is 6.54 Å². The van der Waals surface area contributed by atoms with E-state index in [4.69, 9.17) is 4.74 Å². The number of hydrogen-bond acceptors (Lipinski definition) is 3. The van der Waals surface area contributed by atoms with Crippen LogP contribution in [0.25, 0.3) is 0 Å². The number of benzene rings is 2. The highest BCUT2D eigenvalue weighted by molar-refractivity contribution is 9.10. The number of hydrogen-bond donors (Lipinski definition) is 1. The lowest BCUT2D eigenvalue weighted by atomic mass is 10.0. The van der Waals surface area contributed by atoms with Crippen LogP contribution in [0.3, 0.4) is 0 Å². The summed E-state index contributed by atoms with van der Waals surface area (Å²) in [5, 5.41) is 11.6. The zero-order chi connectivity index (χ0) is 17.4. The minimum atomic E-state index is -0.990. The van der Waals surface area contributed by atoms with E-state index in [1.54, 1.807) is 7.11 Å². The van der Waals surface area contributed by atoms with Crippen LogP contribution in [-0.2, 0) is 5.72 Å². The van der Waals surface area contributed by atoms with Crippen LogP contribution in [-0.4, -0.2) is 35.7 Å². The lowest BCUT2D eigenvalue weighted by molar-refractivity contribution is -0.661. The van der Waals surface area contributed by atoms with Crippen LogP contribution in [0.5, 0.6) is 5.75 Å². The third-order valence-corrected chi connectivity index (χ3v) is 5.70. The predicted octanol–water partition coefficient (Wildman–Crippen LogP) is 3.72. The standard InChI is InChI=1S/C20H22BrN2O2/c1-25-18-11-9-17(10-12-18)22-14-20(24,15-5-7-16(21)8-6-15)23-13-3-2-4-19(22)23/h5-12,24H,2-4,13-14H2,1H3/q+1/t20-/m1/s1. The fraction of sp³-hybridized carbons (Fsp3) is 0.350. The number of β-amino-alcohol motifs (C(OH)–C–C–N with tert-alkyl or cyclic N) is 1. The quantitative estimate of drug-likeness (QED) is 0.796. The van der Waals surface area contributed by atoms with Crippen LogP contribution in [0.4, 0.5) is 5.69 Å². The Kier molecular flexibility index (Phi) is 4.29. The van der Waals surface area contributed by atoms with Crippen molar-refractivity contribution in [3.63, 3.8) is 0 Å². The average Bonchev–Trinajstić information content (AvgIpc) is 2.97. The van der Waals surface area contributed by atoms with Gasteiger partial charge in [-0.15, -0.1) is 0 Å². The van der Waals surface area contributed by atoms with Gasteiger partial charge in [-0.3, -0.25) is 0 Å². The summed E-state index contributed by atoms with van der Waals surface area (Å²) < 4.78 is 8.48. The Hall–Kier alpha value is -1.85. The molecule has 0 unspecified atom stereocenters. The van der Waals surface area contributed by atoms with E-state index < -0.39 is 5.72 Å². The molecule has 0 radical (unpaired) electrons. The van der Waals surface area contributed by atoms with Gasteiger partial charge in [-0.2, -0.15) is 0 Å². The Balaban J connectivity index is 1.75. The van der Waals surface area contributed by atoms with E-state index in [1.165, 1.54) is 5.84 Å². The van der Waals surface area contributed by atoms with Gasteiger partial charge in [0.25, 0.3) is 11.6 Å². The van der Waals surface area contributed by atoms with Crippen molar-refractivity contribution in [3.05, 3.63) is 58.6 Å². The number of nitrogens with zero attached hydrogens (tertiary/aromatic N) is 2. The normalized spacial score (nSPS) is 22.9. The summed E-state index contributed by atoms with van der Waals surface area (Å²) >= 11 is 3.48. The first-order valence-corrected chi connectivity index (χ1v) is 9.44. The van der Waals surface area contributed by atoms with Gasteiger partial charge in [0, 0.05) is 16.5 Å². The summed E-state index contributed by atoms with van der Waals surface area (Å²) in [6, 6.07) is 16.1. The fourth-order valence-corrected chi connectivity index (χ4v) is 4.12. The van der Waals surface area contributed by atoms with Gasteiger partial charge in [-0.05, 0) is 49.2 Å². The first-order chi connectivity index (χ1) is 12.1. The molecule has 0 amide bonds. The summed E-state index contributed by atoms with van der Waals surface area (Å²) in [7, 11) is 1.68. The second kappa shape index (κ2) is 6.46. The maximum Gasteiger partial charge on any atom is 0.271 e. The molecule has 5 heteroatoms. The van der Waals surface area contributed by atoms with Gasteiger partial charge in [0.1, 0.15) is 11.4 Å². The molecule has 0 fully saturated rings. The Labute approximate surface area is 156 Å². The van der Waals surface area contributed by atoms with Crippen LogP contribution >= 0.6 is 15.9 Å². The molecule has 2 aliphatic rings. The van der Waals surface area contributed by atoms with Gasteiger partial charge in [-0.25, -0.2) is 9.48 Å². The largest absolute Gasteiger partial charge is 0.497 e. The lowest BCUT2D eigenvalue weighted by Gasteiger charge is -2.24. The van der Waals surface area contributed by atoms with E-state index in [0.717, 1.165) is 47.3 Å². The topological polar surface area (TPSA) is 35.7 Å². The summed E-state index contributed by atoms with van der Waals surface area (Å²) in [6.45, 7) is 1.42. The van der Waals surface area contributed by atoms with Crippen molar-refractivity contribution in [1.29, 1.82) is 0 Å². The zero-order valence-corrected chi connectivity index (χ0v) is 15.9. The highest BCUT2D eigenvalue weighted by Gasteiger charge is 2.52. The third-order valence-electron chi connectivity index (χ3n) is 5.17. The molecule has 4 rings (SSSR count). The van der Waals surface area contributed by atoms with Gasteiger partial charge in [-0.1, -0.05) is 28.1 Å². The van der Waals surface area contributed by atoms with Crippen LogP contribution in [0.15, 0.2) is 53.0 Å². The molecular formula is C20H22BrN2O2+. The molecule has 0 aromatic heterocycles. The Morgan fingerprint density at radius 3 is 2.48 bits per heavy atom. The van der Waals surface area contributed by atoms with E-state index in [1.807, 2.05) is 36.4 Å². The predicted molar refractivity (Wildman–Crippen MR) is 102 cm³/mol. The Bertz CT molecular complexity index is 801. The van der Waals surface area contributed by atoms with Crippen molar-refractivity contribution in [1.82, 2.24) is 0 Å². The van der Waals surface area contributed by atoms with Gasteiger partial charge in [0.15, 0.2) is 6.54 Å². The molecule has 2 aliphatic heterocycles. The van der Waals surface area contributed by atoms with E-state index >= 15 is 0 Å². The highest BCUT2D eigenvalue weighted by Crippen LogP contribution is 2.36. The van der Waals surface area contributed by atoms with Gasteiger partial charge in [0.05, 0.1) is 13.7 Å². The monoisotopic (exact) mass is 401 g/mol. The SMILES string of the molecule is COc1ccc(N2C[C@@](O)(c3ccc(Br)cc3)[N+]3=C2CCCC3)cc1. The Morgan fingerprint density at radius 2 is 1.80 bits per heavy atom. The maximum atomic E-state index is 11.6. The van der Waals surface area contributed by atoms with Crippen LogP contribution < -0.4 is 9.64 Å². The van der Waals surface area contributed by atoms with Crippen molar-refractivity contribution in [2.45, 2.75) is 25.0 Å². The van der Waals surface area contributed by atoms with Gasteiger partial charge in [0.2, 0.25) is 0 Å². The average molecular weight is 402 g/mol. The summed E-state index contributed by atoms with van der Waals surface area (Å²) in [5.41, 5.74) is 1.04. The fourth-order valence-electron chi connectivity index (χ4n) is 3.86. The molecule has 0 spiro atoms. The molecule has 130 valence electrons. The number of methoxy groups -OCH3 is 1. The van der Waals surface area contributed by atoms with Crippen molar-refractivity contribution in [3.8, 4) is 5.75 Å². The molecule has 0 bridgehead atoms. The first kappa shape index (κ1) is 16.6. The first-order valence-electron chi connectivity index (χ1n) is 8.65. The summed E-state index contributed by atoms with van der Waals surface area (Å²) in [6.07, 6.45) is 3.26. The molecule has 2 heterocycles. The smallest absolute Gasteiger partial charge is 0.271 e. The molecule has 1 N–H and O–H groups in total. The number of amidine groups is 1. The minimum absolute atomic E-state index is 0.538. The molecule has 1 atom stereocenters. The van der Waals surface area contributed by atoms with Crippen molar-refractivity contribution >= 4 is 27.5 Å². The van der Waals surface area contributed by atoms with Crippen molar-refractivity contribution < 1.29 is 14.4 Å². The van der Waals surface area contributed by atoms with Crippen LogP contribution in [0, 0.1) is 0 Å². The van der Waals surface area contributed by atoms with Gasteiger partial charge >= 0.3 is 0 Å². The number of anilines is 1. The second-order valence-electron chi connectivity index (χ2n) is 6.63. The molecule has 2 aromatic carbocycles.